The molecule has 0 aliphatic carbocycles. The van der Waals surface area contributed by atoms with Crippen LogP contribution >= 0.6 is 11.6 Å². The van der Waals surface area contributed by atoms with Gasteiger partial charge in [-0.05, 0) is 19.0 Å². The van der Waals surface area contributed by atoms with Crippen LogP contribution in [0.5, 0.6) is 5.75 Å². The lowest BCUT2D eigenvalue weighted by Crippen LogP contribution is -2.13. The van der Waals surface area contributed by atoms with Crippen molar-refractivity contribution in [2.24, 2.45) is 0 Å². The molecule has 5 heteroatoms. The molecule has 0 saturated heterocycles. The molecule has 1 aromatic heterocycles. The molecule has 0 aliphatic rings. The topological polar surface area (TPSA) is 39.1 Å². The Kier molecular flexibility index (Phi) is 6.08. The first kappa shape index (κ1) is 15.9. The third kappa shape index (κ3) is 4.22. The van der Waals surface area contributed by atoms with Gasteiger partial charge in [-0.25, -0.2) is 4.98 Å². The van der Waals surface area contributed by atoms with E-state index in [0.717, 1.165) is 43.1 Å². The molecular weight excluding hydrogens is 286 g/mol. The van der Waals surface area contributed by atoms with Crippen LogP contribution in [-0.2, 0) is 19.7 Å². The predicted molar refractivity (Wildman–Crippen MR) is 85.7 cm³/mol. The molecule has 0 bridgehead atoms. The molecule has 1 aromatic carbocycles. The standard InChI is InChI=1S/C16H22ClN3O/c1-3-8-20-12-19-10-14(20)11-21-16-13(9-18-4-2)6-5-7-15(16)17/h5-7,10,12,18H,3-4,8-9,11H2,1-2H3. The van der Waals surface area contributed by atoms with Gasteiger partial charge in [0.05, 0.1) is 23.2 Å². The first-order valence-corrected chi connectivity index (χ1v) is 7.74. The summed E-state index contributed by atoms with van der Waals surface area (Å²) in [5.41, 5.74) is 2.14. The number of hydrogen-bond donors (Lipinski definition) is 1. The summed E-state index contributed by atoms with van der Waals surface area (Å²) >= 11 is 6.27. The maximum Gasteiger partial charge on any atom is 0.142 e. The summed E-state index contributed by atoms with van der Waals surface area (Å²) in [4.78, 5) is 4.19. The van der Waals surface area contributed by atoms with E-state index in [1.165, 1.54) is 0 Å². The van der Waals surface area contributed by atoms with E-state index in [-0.39, 0.29) is 0 Å². The molecular formula is C16H22ClN3O. The van der Waals surface area contributed by atoms with Crippen molar-refractivity contribution in [1.29, 1.82) is 0 Å². The quantitative estimate of drug-likeness (QED) is 0.809. The van der Waals surface area contributed by atoms with Crippen molar-refractivity contribution in [3.63, 3.8) is 0 Å². The van der Waals surface area contributed by atoms with Crippen molar-refractivity contribution in [3.8, 4) is 5.75 Å². The largest absolute Gasteiger partial charge is 0.485 e. The van der Waals surface area contributed by atoms with E-state index in [0.29, 0.717) is 11.6 Å². The van der Waals surface area contributed by atoms with E-state index in [9.17, 15) is 0 Å². The molecule has 0 amide bonds. The van der Waals surface area contributed by atoms with E-state index in [2.05, 4.69) is 28.7 Å². The lowest BCUT2D eigenvalue weighted by Gasteiger charge is -2.14. The second-order valence-corrected chi connectivity index (χ2v) is 5.28. The van der Waals surface area contributed by atoms with E-state index >= 15 is 0 Å². The summed E-state index contributed by atoms with van der Waals surface area (Å²) < 4.78 is 8.08. The minimum atomic E-state index is 0.475. The molecule has 1 N–H and O–H groups in total. The lowest BCUT2D eigenvalue weighted by atomic mass is 10.2. The Balaban J connectivity index is 2.10. The fraction of sp³-hybridized carbons (Fsp3) is 0.438. The smallest absolute Gasteiger partial charge is 0.142 e. The Morgan fingerprint density at radius 3 is 2.95 bits per heavy atom. The van der Waals surface area contributed by atoms with Crippen molar-refractivity contribution in [1.82, 2.24) is 14.9 Å². The number of aryl methyl sites for hydroxylation is 1. The third-order valence-corrected chi connectivity index (χ3v) is 3.54. The summed E-state index contributed by atoms with van der Waals surface area (Å²) in [5.74, 6) is 0.754. The Labute approximate surface area is 131 Å². The van der Waals surface area contributed by atoms with Crippen molar-refractivity contribution in [2.45, 2.75) is 40.0 Å². The van der Waals surface area contributed by atoms with E-state index in [4.69, 9.17) is 16.3 Å². The Morgan fingerprint density at radius 1 is 1.33 bits per heavy atom. The predicted octanol–water partition coefficient (Wildman–Crippen LogP) is 3.64. The zero-order valence-corrected chi connectivity index (χ0v) is 13.4. The van der Waals surface area contributed by atoms with Gasteiger partial charge in [-0.1, -0.05) is 37.6 Å². The highest BCUT2D eigenvalue weighted by Crippen LogP contribution is 2.29. The van der Waals surface area contributed by atoms with Gasteiger partial charge in [0, 0.05) is 18.7 Å². The van der Waals surface area contributed by atoms with Gasteiger partial charge in [-0.2, -0.15) is 0 Å². The maximum atomic E-state index is 6.27. The highest BCUT2D eigenvalue weighted by Gasteiger charge is 2.10. The van der Waals surface area contributed by atoms with Gasteiger partial charge in [0.25, 0.3) is 0 Å². The molecule has 0 atom stereocenters. The monoisotopic (exact) mass is 307 g/mol. The van der Waals surface area contributed by atoms with Crippen LogP contribution < -0.4 is 10.1 Å². The fourth-order valence-corrected chi connectivity index (χ4v) is 2.42. The van der Waals surface area contributed by atoms with Crippen molar-refractivity contribution < 1.29 is 4.74 Å². The number of benzene rings is 1. The van der Waals surface area contributed by atoms with Gasteiger partial charge in [-0.15, -0.1) is 0 Å². The molecule has 0 spiro atoms. The Hall–Kier alpha value is -1.52. The van der Waals surface area contributed by atoms with Crippen LogP contribution in [0.2, 0.25) is 5.02 Å². The highest BCUT2D eigenvalue weighted by atomic mass is 35.5. The van der Waals surface area contributed by atoms with Gasteiger partial charge in [0.1, 0.15) is 12.4 Å². The molecule has 1 heterocycles. The molecule has 114 valence electrons. The second kappa shape index (κ2) is 8.05. The lowest BCUT2D eigenvalue weighted by molar-refractivity contribution is 0.291. The van der Waals surface area contributed by atoms with Crippen LogP contribution in [0.1, 0.15) is 31.5 Å². The van der Waals surface area contributed by atoms with Crippen LogP contribution in [-0.4, -0.2) is 16.1 Å². The zero-order chi connectivity index (χ0) is 15.1. The Bertz CT molecular complexity index is 568. The number of imidazole rings is 1. The van der Waals surface area contributed by atoms with Crippen LogP contribution in [0.15, 0.2) is 30.7 Å². The van der Waals surface area contributed by atoms with Crippen molar-refractivity contribution in [2.75, 3.05) is 6.54 Å². The molecule has 2 rings (SSSR count). The van der Waals surface area contributed by atoms with Gasteiger partial charge < -0.3 is 14.6 Å². The van der Waals surface area contributed by atoms with E-state index < -0.39 is 0 Å². The maximum absolute atomic E-state index is 6.27. The normalized spacial score (nSPS) is 10.8. The van der Waals surface area contributed by atoms with Crippen molar-refractivity contribution in [3.05, 3.63) is 47.0 Å². The molecule has 21 heavy (non-hydrogen) atoms. The van der Waals surface area contributed by atoms with E-state index in [1.807, 2.05) is 30.7 Å². The molecule has 0 fully saturated rings. The van der Waals surface area contributed by atoms with Gasteiger partial charge in [-0.3, -0.25) is 0 Å². The molecule has 0 unspecified atom stereocenters. The highest BCUT2D eigenvalue weighted by molar-refractivity contribution is 6.32. The molecule has 0 aliphatic heterocycles. The average molecular weight is 308 g/mol. The van der Waals surface area contributed by atoms with Gasteiger partial charge in [0.2, 0.25) is 0 Å². The number of nitrogens with one attached hydrogen (secondary N) is 1. The number of para-hydroxylation sites is 1. The summed E-state index contributed by atoms with van der Waals surface area (Å²) in [6, 6.07) is 5.84. The number of nitrogens with zero attached hydrogens (tertiary/aromatic N) is 2. The summed E-state index contributed by atoms with van der Waals surface area (Å²) in [5, 5.41) is 3.95. The van der Waals surface area contributed by atoms with Crippen LogP contribution in [0.25, 0.3) is 0 Å². The molecule has 0 radical (unpaired) electrons. The first-order chi connectivity index (χ1) is 10.3. The summed E-state index contributed by atoms with van der Waals surface area (Å²) in [7, 11) is 0. The first-order valence-electron chi connectivity index (χ1n) is 7.36. The van der Waals surface area contributed by atoms with Crippen LogP contribution in [0, 0.1) is 0 Å². The van der Waals surface area contributed by atoms with Crippen molar-refractivity contribution >= 4 is 11.6 Å². The minimum Gasteiger partial charge on any atom is -0.485 e. The Morgan fingerprint density at radius 2 is 2.19 bits per heavy atom. The zero-order valence-electron chi connectivity index (χ0n) is 12.6. The number of hydrogen-bond acceptors (Lipinski definition) is 3. The minimum absolute atomic E-state index is 0.475. The number of rotatable bonds is 8. The molecule has 0 saturated carbocycles. The van der Waals surface area contributed by atoms with Gasteiger partial charge in [0.15, 0.2) is 0 Å². The number of halogens is 1. The average Bonchev–Trinajstić information content (AvgIpc) is 2.92. The second-order valence-electron chi connectivity index (χ2n) is 4.88. The summed E-state index contributed by atoms with van der Waals surface area (Å²) in [6.45, 7) is 7.31. The van der Waals surface area contributed by atoms with Gasteiger partial charge >= 0.3 is 0 Å². The third-order valence-electron chi connectivity index (χ3n) is 3.24. The molecule has 4 nitrogen and oxygen atoms in total. The number of aromatic nitrogens is 2. The van der Waals surface area contributed by atoms with Crippen LogP contribution in [0.3, 0.4) is 0 Å². The summed E-state index contributed by atoms with van der Waals surface area (Å²) in [6.07, 6.45) is 4.76. The fourth-order valence-electron chi connectivity index (χ4n) is 2.17. The van der Waals surface area contributed by atoms with Crippen LogP contribution in [0.4, 0.5) is 0 Å². The van der Waals surface area contributed by atoms with E-state index in [1.54, 1.807) is 0 Å². The number of ether oxygens (including phenoxy) is 1. The molecule has 2 aromatic rings. The SMILES string of the molecule is CCCn1cncc1COc1c(Cl)cccc1CNCC.